The number of thiazole rings is 1. The average Bonchev–Trinajstić information content (AvgIpc) is 3.40. The molecule has 0 saturated carbocycles. The van der Waals surface area contributed by atoms with E-state index in [1.165, 1.54) is 22.7 Å². The van der Waals surface area contributed by atoms with Gasteiger partial charge in [-0.15, -0.1) is 11.3 Å². The molecule has 13 heteroatoms. The fourth-order valence-corrected chi connectivity index (χ4v) is 7.76. The third kappa shape index (κ3) is 5.74. The van der Waals surface area contributed by atoms with Crippen molar-refractivity contribution < 1.29 is 27.5 Å². The Balaban J connectivity index is 1.47. The van der Waals surface area contributed by atoms with Crippen LogP contribution >= 0.6 is 38.6 Å². The second-order valence-electron chi connectivity index (χ2n) is 7.92. The molecule has 0 aliphatic heterocycles. The van der Waals surface area contributed by atoms with Crippen LogP contribution < -0.4 is 10.1 Å². The van der Waals surface area contributed by atoms with Crippen molar-refractivity contribution in [3.05, 3.63) is 43.5 Å². The number of fused-ring (bicyclic) bond motifs is 2. The number of aryl methyl sites for hydroxylation is 2. The Kier molecular flexibility index (Phi) is 7.60. The fourth-order valence-electron chi connectivity index (χ4n) is 3.87. The Morgan fingerprint density at radius 1 is 1.20 bits per heavy atom. The number of aromatic nitrogens is 1. The lowest BCUT2D eigenvalue weighted by atomic mass is 10.1. The topological polar surface area (TPSA) is 124 Å². The lowest BCUT2D eigenvalue weighted by Gasteiger charge is -2.08. The first-order valence-corrected chi connectivity index (χ1v) is 15.0. The second-order valence-corrected chi connectivity index (χ2v) is 13.0. The van der Waals surface area contributed by atoms with Crippen LogP contribution in [-0.2, 0) is 44.1 Å². The molecule has 186 valence electrons. The van der Waals surface area contributed by atoms with E-state index in [-0.39, 0.29) is 11.6 Å². The normalized spacial score (nSPS) is 13.7. The van der Waals surface area contributed by atoms with E-state index in [0.29, 0.717) is 16.8 Å². The lowest BCUT2D eigenvalue weighted by molar-refractivity contribution is -0.115. The summed E-state index contributed by atoms with van der Waals surface area (Å²) in [6.07, 6.45) is 2.41. The summed E-state index contributed by atoms with van der Waals surface area (Å²) in [5, 5.41) is 2.83. The molecule has 9 nitrogen and oxygen atoms in total. The molecule has 0 radical (unpaired) electrons. The largest absolute Gasteiger partial charge is 0.462 e. The number of anilines is 1. The van der Waals surface area contributed by atoms with E-state index in [2.05, 4.69) is 26.2 Å². The summed E-state index contributed by atoms with van der Waals surface area (Å²) in [6.45, 7) is 1.88. The average molecular weight is 601 g/mol. The van der Waals surface area contributed by atoms with Crippen LogP contribution in [0.4, 0.5) is 5.00 Å². The number of hydrogen-bond acceptors (Lipinski definition) is 8. The van der Waals surface area contributed by atoms with Crippen molar-refractivity contribution in [3.63, 3.8) is 0 Å². The molecule has 0 spiro atoms. The summed E-state index contributed by atoms with van der Waals surface area (Å²) in [6, 6.07) is 5.61. The number of hydrogen-bond donors (Lipinski definition) is 1. The summed E-state index contributed by atoms with van der Waals surface area (Å²) in [5.41, 5.74) is 2.00. The zero-order chi connectivity index (χ0) is 25.3. The molecule has 1 aliphatic rings. The number of nitrogens with zero attached hydrogens (tertiary/aromatic N) is 2. The number of rotatable bonds is 7. The second kappa shape index (κ2) is 10.3. The zero-order valence-electron chi connectivity index (χ0n) is 18.9. The standard InChI is InChI=1S/C22H22BrN3O6S3/c1-3-32-21(29)19-13-5-4-6-15(13)33-20(19)24-17(27)10-35(30,31)11-18(28)25-22-26(2)14-8-7-12(23)9-16(14)34-22/h7-9H,3-6,10-11H2,1-2H3,(H,24,27). The van der Waals surface area contributed by atoms with Crippen LogP contribution in [0.2, 0.25) is 0 Å². The molecule has 1 aliphatic carbocycles. The van der Waals surface area contributed by atoms with Gasteiger partial charge in [0.25, 0.3) is 5.91 Å². The van der Waals surface area contributed by atoms with Gasteiger partial charge in [-0.25, -0.2) is 13.2 Å². The molecule has 2 aromatic heterocycles. The van der Waals surface area contributed by atoms with Crippen molar-refractivity contribution in [2.45, 2.75) is 26.2 Å². The molecule has 0 unspecified atom stereocenters. The van der Waals surface area contributed by atoms with Gasteiger partial charge in [-0.05, 0) is 49.9 Å². The van der Waals surface area contributed by atoms with Crippen LogP contribution in [0.15, 0.2) is 27.7 Å². The number of esters is 1. The smallest absolute Gasteiger partial charge is 0.341 e. The third-order valence-electron chi connectivity index (χ3n) is 5.34. The quantitative estimate of drug-likeness (QED) is 0.416. The van der Waals surface area contributed by atoms with E-state index in [1.54, 1.807) is 18.5 Å². The lowest BCUT2D eigenvalue weighted by Crippen LogP contribution is -2.28. The van der Waals surface area contributed by atoms with Crippen molar-refractivity contribution in [1.82, 2.24) is 4.57 Å². The van der Waals surface area contributed by atoms with Crippen molar-refractivity contribution in [3.8, 4) is 0 Å². The summed E-state index contributed by atoms with van der Waals surface area (Å²) in [7, 11) is -2.35. The van der Waals surface area contributed by atoms with E-state index >= 15 is 0 Å². The van der Waals surface area contributed by atoms with E-state index in [0.717, 1.165) is 38.0 Å². The third-order valence-corrected chi connectivity index (χ3v) is 9.52. The molecule has 1 aromatic carbocycles. The maximum absolute atomic E-state index is 12.6. The van der Waals surface area contributed by atoms with Crippen molar-refractivity contribution in [2.24, 2.45) is 12.0 Å². The summed E-state index contributed by atoms with van der Waals surface area (Å²) in [4.78, 5) is 42.7. The SMILES string of the molecule is CCOC(=O)c1c(NC(=O)CS(=O)(=O)CC(=O)N=c2sc3cc(Br)ccc3n2C)sc2c1CCC2. The van der Waals surface area contributed by atoms with Crippen LogP contribution in [-0.4, -0.2) is 48.9 Å². The maximum atomic E-state index is 12.6. The maximum Gasteiger partial charge on any atom is 0.341 e. The Labute approximate surface area is 217 Å². The first kappa shape index (κ1) is 25.7. The van der Waals surface area contributed by atoms with Crippen LogP contribution in [0.3, 0.4) is 0 Å². The van der Waals surface area contributed by atoms with Gasteiger partial charge < -0.3 is 14.6 Å². The molecule has 0 atom stereocenters. The molecule has 2 heterocycles. The number of sulfone groups is 1. The van der Waals surface area contributed by atoms with Gasteiger partial charge in [-0.3, -0.25) is 9.59 Å². The van der Waals surface area contributed by atoms with Gasteiger partial charge in [0.2, 0.25) is 5.91 Å². The minimum atomic E-state index is -4.09. The van der Waals surface area contributed by atoms with Crippen molar-refractivity contribution in [2.75, 3.05) is 23.4 Å². The van der Waals surface area contributed by atoms with E-state index in [9.17, 15) is 22.8 Å². The summed E-state index contributed by atoms with van der Waals surface area (Å²) in [5.74, 6) is -4.02. The first-order valence-electron chi connectivity index (χ1n) is 10.7. The number of ether oxygens (including phenoxy) is 1. The van der Waals surface area contributed by atoms with Crippen molar-refractivity contribution >= 4 is 81.4 Å². The van der Waals surface area contributed by atoms with E-state index in [1.807, 2.05) is 18.2 Å². The molecule has 0 fully saturated rings. The molecule has 35 heavy (non-hydrogen) atoms. The van der Waals surface area contributed by atoms with Gasteiger partial charge in [-0.2, -0.15) is 4.99 Å². The molecular formula is C22H22BrN3O6S3. The molecule has 2 amide bonds. The minimum absolute atomic E-state index is 0.186. The molecule has 4 rings (SSSR count). The van der Waals surface area contributed by atoms with Gasteiger partial charge in [0.15, 0.2) is 14.6 Å². The molecule has 0 bridgehead atoms. The van der Waals surface area contributed by atoms with Crippen LogP contribution in [0, 0.1) is 0 Å². The predicted molar refractivity (Wildman–Crippen MR) is 139 cm³/mol. The highest BCUT2D eigenvalue weighted by molar-refractivity contribution is 9.10. The number of amides is 2. The van der Waals surface area contributed by atoms with E-state index in [4.69, 9.17) is 4.74 Å². The predicted octanol–water partition coefficient (Wildman–Crippen LogP) is 3.21. The Morgan fingerprint density at radius 2 is 1.97 bits per heavy atom. The van der Waals surface area contributed by atoms with Crippen LogP contribution in [0.1, 0.15) is 34.1 Å². The molecular weight excluding hydrogens is 578 g/mol. The van der Waals surface area contributed by atoms with Crippen LogP contribution in [0.25, 0.3) is 10.2 Å². The first-order chi connectivity index (χ1) is 16.6. The minimum Gasteiger partial charge on any atom is -0.462 e. The van der Waals surface area contributed by atoms with Crippen LogP contribution in [0.5, 0.6) is 0 Å². The number of carbonyl (C=O) groups excluding carboxylic acids is 3. The monoisotopic (exact) mass is 599 g/mol. The highest BCUT2D eigenvalue weighted by Crippen LogP contribution is 2.39. The highest BCUT2D eigenvalue weighted by Gasteiger charge is 2.29. The molecule has 0 saturated heterocycles. The van der Waals surface area contributed by atoms with Gasteiger partial charge in [-0.1, -0.05) is 27.3 Å². The number of carbonyl (C=O) groups is 3. The summed E-state index contributed by atoms with van der Waals surface area (Å²) < 4.78 is 33.7. The van der Waals surface area contributed by atoms with Gasteiger partial charge in [0, 0.05) is 16.4 Å². The highest BCUT2D eigenvalue weighted by atomic mass is 79.9. The fraction of sp³-hybridized carbons (Fsp3) is 0.364. The Bertz CT molecular complexity index is 1520. The summed E-state index contributed by atoms with van der Waals surface area (Å²) >= 11 is 5.91. The number of nitrogens with one attached hydrogen (secondary N) is 1. The van der Waals surface area contributed by atoms with Gasteiger partial charge >= 0.3 is 5.97 Å². The van der Waals surface area contributed by atoms with E-state index < -0.39 is 39.1 Å². The number of thiophene rings is 1. The Hall–Kier alpha value is -2.35. The van der Waals surface area contributed by atoms with Gasteiger partial charge in [0.05, 0.1) is 22.4 Å². The number of halogens is 1. The number of benzene rings is 1. The molecule has 1 N–H and O–H groups in total. The van der Waals surface area contributed by atoms with Crippen molar-refractivity contribution in [1.29, 1.82) is 0 Å². The van der Waals surface area contributed by atoms with Gasteiger partial charge in [0.1, 0.15) is 16.5 Å². The molecule has 3 aromatic rings. The zero-order valence-corrected chi connectivity index (χ0v) is 23.0. The Morgan fingerprint density at radius 3 is 2.71 bits per heavy atom.